The van der Waals surface area contributed by atoms with Crippen LogP contribution in [0.1, 0.15) is 93.5 Å². The molecule has 0 saturated heterocycles. The molecule has 2 nitrogen and oxygen atoms in total. The number of aromatic nitrogens is 1. The minimum atomic E-state index is 0.480. The van der Waals surface area contributed by atoms with Gasteiger partial charge in [0, 0.05) is 16.2 Å². The average molecular weight is 538 g/mol. The van der Waals surface area contributed by atoms with Gasteiger partial charge in [0.1, 0.15) is 0 Å². The van der Waals surface area contributed by atoms with Crippen LogP contribution in [-0.4, -0.2) is 12.1 Å². The van der Waals surface area contributed by atoms with Crippen molar-refractivity contribution >= 4 is 32.3 Å². The minimum absolute atomic E-state index is 0.480. The Labute approximate surface area is 239 Å². The normalized spacial score (nSPS) is 12.4. The van der Waals surface area contributed by atoms with Crippen LogP contribution in [0.4, 0.5) is 0 Å². The van der Waals surface area contributed by atoms with Gasteiger partial charge in [0.25, 0.3) is 0 Å². The molecule has 2 heterocycles. The van der Waals surface area contributed by atoms with Crippen molar-refractivity contribution in [3.05, 3.63) is 106 Å². The molecular formula is C36H43NOS. The second-order valence-corrected chi connectivity index (χ2v) is 12.2. The molecule has 0 atom stereocenters. The van der Waals surface area contributed by atoms with Gasteiger partial charge in [0.15, 0.2) is 0 Å². The molecule has 1 aliphatic rings. The van der Waals surface area contributed by atoms with E-state index >= 15 is 0 Å². The Kier molecular flexibility index (Phi) is 9.80. The Morgan fingerprint density at radius 2 is 1.36 bits per heavy atom. The molecule has 1 aliphatic carbocycles. The number of hydrogen-bond acceptors (Lipinski definition) is 3. The number of nitrogens with zero attached hydrogens (tertiary/aromatic N) is 1. The molecule has 0 amide bonds. The lowest BCUT2D eigenvalue weighted by atomic mass is 9.95. The molecule has 204 valence electrons. The number of aryl methyl sites for hydroxylation is 1. The highest BCUT2D eigenvalue weighted by Crippen LogP contribution is 2.30. The molecule has 3 aromatic carbocycles. The topological polar surface area (TPSA) is 22.1 Å². The van der Waals surface area contributed by atoms with E-state index in [0.29, 0.717) is 23.6 Å². The Hall–Kier alpha value is -3.17. The molecule has 3 heteroatoms. The highest BCUT2D eigenvalue weighted by Gasteiger charge is 2.15. The molecule has 0 saturated carbocycles. The van der Waals surface area contributed by atoms with Crippen LogP contribution in [0.25, 0.3) is 21.0 Å². The number of benzene rings is 3. The smallest absolute Gasteiger partial charge is 0.213 e. The van der Waals surface area contributed by atoms with E-state index in [-0.39, 0.29) is 0 Å². The summed E-state index contributed by atoms with van der Waals surface area (Å²) in [4.78, 5) is 4.49. The molecule has 0 fully saturated rings. The molecule has 0 bridgehead atoms. The molecule has 5 aromatic rings. The number of ether oxygens (including phenoxy) is 1. The zero-order valence-corrected chi connectivity index (χ0v) is 25.4. The molecular weight excluding hydrogens is 494 g/mol. The third-order valence-electron chi connectivity index (χ3n) is 7.51. The molecule has 0 unspecified atom stereocenters. The van der Waals surface area contributed by atoms with E-state index in [1.165, 1.54) is 45.9 Å². The zero-order chi connectivity index (χ0) is 27.9. The summed E-state index contributed by atoms with van der Waals surface area (Å²) in [5.41, 5.74) is 8.60. The van der Waals surface area contributed by atoms with E-state index in [2.05, 4.69) is 113 Å². The van der Waals surface area contributed by atoms with Crippen molar-refractivity contribution in [1.29, 1.82) is 0 Å². The van der Waals surface area contributed by atoms with Gasteiger partial charge in [-0.2, -0.15) is 0 Å². The maximum absolute atomic E-state index is 5.15. The average Bonchev–Trinajstić information content (AvgIpc) is 3.62. The van der Waals surface area contributed by atoms with E-state index in [4.69, 9.17) is 4.74 Å². The van der Waals surface area contributed by atoms with Crippen molar-refractivity contribution in [3.8, 4) is 5.88 Å². The number of fused-ring (bicyclic) bond motifs is 3. The minimum Gasteiger partial charge on any atom is -0.481 e. The lowest BCUT2D eigenvalue weighted by Gasteiger charge is -2.10. The van der Waals surface area contributed by atoms with Crippen LogP contribution in [0.2, 0.25) is 0 Å². The van der Waals surface area contributed by atoms with Gasteiger partial charge in [-0.15, -0.1) is 11.3 Å². The van der Waals surface area contributed by atoms with Crippen molar-refractivity contribution in [2.75, 3.05) is 7.11 Å². The fourth-order valence-corrected chi connectivity index (χ4v) is 6.26. The standard InChI is InChI=1S/C13H15NO.C12H16.C11H12S/c1-9(2)11-6-4-5-10-7-8-12(15-3)14-13(10)11;1-9(2)11-7-3-5-10-6-4-8-12(10)11;1-8(2)9-4-3-5-11-10(9)6-7-12-11/h4-9H,1-3H3;3,5,7,9H,4,6,8H2,1-2H3;3-8H,1-2H3. The van der Waals surface area contributed by atoms with Crippen LogP contribution in [0.5, 0.6) is 5.88 Å². The van der Waals surface area contributed by atoms with E-state index in [1.54, 1.807) is 23.8 Å². The van der Waals surface area contributed by atoms with E-state index in [9.17, 15) is 0 Å². The van der Waals surface area contributed by atoms with E-state index in [1.807, 2.05) is 23.5 Å². The van der Waals surface area contributed by atoms with Gasteiger partial charge in [0.2, 0.25) is 5.88 Å². The Bertz CT molecular complexity index is 1510. The molecule has 2 aromatic heterocycles. The Balaban J connectivity index is 0.000000137. The SMILES string of the molecule is CC(C)c1cccc2c1CCC2.CC(C)c1cccc2sccc12.COc1ccc2cccc(C(C)C)c2n1. The third-order valence-corrected chi connectivity index (χ3v) is 8.39. The summed E-state index contributed by atoms with van der Waals surface area (Å²) in [6.45, 7) is 13.4. The quantitative estimate of drug-likeness (QED) is 0.227. The fraction of sp³-hybridized carbons (Fsp3) is 0.361. The molecule has 0 aliphatic heterocycles. The number of para-hydroxylation sites is 1. The summed E-state index contributed by atoms with van der Waals surface area (Å²) < 4.78 is 6.55. The first-order valence-electron chi connectivity index (χ1n) is 14.3. The highest BCUT2D eigenvalue weighted by atomic mass is 32.1. The maximum atomic E-state index is 5.15. The number of methoxy groups -OCH3 is 1. The largest absolute Gasteiger partial charge is 0.481 e. The van der Waals surface area contributed by atoms with Gasteiger partial charge in [-0.1, -0.05) is 90.1 Å². The van der Waals surface area contributed by atoms with Gasteiger partial charge >= 0.3 is 0 Å². The molecule has 6 rings (SSSR count). The molecule has 39 heavy (non-hydrogen) atoms. The predicted molar refractivity (Wildman–Crippen MR) is 171 cm³/mol. The van der Waals surface area contributed by atoms with Crippen molar-refractivity contribution in [2.45, 2.75) is 78.6 Å². The highest BCUT2D eigenvalue weighted by molar-refractivity contribution is 7.17. The summed E-state index contributed by atoms with van der Waals surface area (Å²) in [7, 11) is 1.64. The monoisotopic (exact) mass is 537 g/mol. The van der Waals surface area contributed by atoms with Gasteiger partial charge in [-0.3, -0.25) is 0 Å². The number of hydrogen-bond donors (Lipinski definition) is 0. The van der Waals surface area contributed by atoms with Crippen molar-refractivity contribution in [1.82, 2.24) is 4.98 Å². The Morgan fingerprint density at radius 1 is 0.692 bits per heavy atom. The number of thiophene rings is 1. The zero-order valence-electron chi connectivity index (χ0n) is 24.6. The van der Waals surface area contributed by atoms with Gasteiger partial charge in [-0.25, -0.2) is 4.98 Å². The summed E-state index contributed by atoms with van der Waals surface area (Å²) in [5, 5.41) is 4.76. The first kappa shape index (κ1) is 28.8. The summed E-state index contributed by atoms with van der Waals surface area (Å²) in [5.74, 6) is 2.48. The van der Waals surface area contributed by atoms with Crippen LogP contribution in [0.15, 0.2) is 78.2 Å². The lowest BCUT2D eigenvalue weighted by molar-refractivity contribution is 0.399. The van der Waals surface area contributed by atoms with Crippen molar-refractivity contribution in [3.63, 3.8) is 0 Å². The molecule has 0 spiro atoms. The van der Waals surface area contributed by atoms with Crippen LogP contribution >= 0.6 is 11.3 Å². The van der Waals surface area contributed by atoms with Crippen molar-refractivity contribution in [2.24, 2.45) is 0 Å². The second-order valence-electron chi connectivity index (χ2n) is 11.3. The number of rotatable bonds is 4. The first-order chi connectivity index (χ1) is 18.8. The summed E-state index contributed by atoms with van der Waals surface area (Å²) in [6.07, 6.45) is 3.97. The molecule has 0 N–H and O–H groups in total. The predicted octanol–water partition coefficient (Wildman–Crippen LogP) is 10.7. The summed E-state index contributed by atoms with van der Waals surface area (Å²) in [6, 6.07) is 25.8. The fourth-order valence-electron chi connectivity index (χ4n) is 5.44. The van der Waals surface area contributed by atoms with E-state index in [0.717, 1.165) is 5.52 Å². The number of pyridine rings is 1. The Morgan fingerprint density at radius 3 is 2.08 bits per heavy atom. The first-order valence-corrected chi connectivity index (χ1v) is 15.2. The third kappa shape index (κ3) is 6.89. The van der Waals surface area contributed by atoms with Gasteiger partial charge < -0.3 is 4.74 Å². The van der Waals surface area contributed by atoms with Crippen LogP contribution in [0.3, 0.4) is 0 Å². The van der Waals surface area contributed by atoms with E-state index < -0.39 is 0 Å². The van der Waals surface area contributed by atoms with Gasteiger partial charge in [-0.05, 0) is 93.8 Å². The lowest BCUT2D eigenvalue weighted by Crippen LogP contribution is -1.94. The van der Waals surface area contributed by atoms with Crippen molar-refractivity contribution < 1.29 is 4.74 Å². The molecule has 0 radical (unpaired) electrons. The maximum Gasteiger partial charge on any atom is 0.213 e. The van der Waals surface area contributed by atoms with Crippen LogP contribution < -0.4 is 4.74 Å². The van der Waals surface area contributed by atoms with Crippen LogP contribution in [0, 0.1) is 0 Å². The summed E-state index contributed by atoms with van der Waals surface area (Å²) >= 11 is 1.82. The van der Waals surface area contributed by atoms with Crippen LogP contribution in [-0.2, 0) is 12.8 Å². The second kappa shape index (κ2) is 13.3. The van der Waals surface area contributed by atoms with Gasteiger partial charge in [0.05, 0.1) is 12.6 Å².